The Morgan fingerprint density at radius 2 is 2.00 bits per heavy atom. The summed E-state index contributed by atoms with van der Waals surface area (Å²) in [5, 5.41) is 4.49. The first-order valence-electron chi connectivity index (χ1n) is 7.75. The number of nitrogens with zero attached hydrogens (tertiary/aromatic N) is 2. The third kappa shape index (κ3) is 3.70. The predicted molar refractivity (Wildman–Crippen MR) is 97.6 cm³/mol. The molecule has 6 heteroatoms. The van der Waals surface area contributed by atoms with Gasteiger partial charge in [0.25, 0.3) is 0 Å². The molecule has 2 aliphatic rings. The van der Waals surface area contributed by atoms with Gasteiger partial charge >= 0.3 is 0 Å². The molecule has 2 heterocycles. The first-order valence-corrected chi connectivity index (χ1v) is 10.6. The van der Waals surface area contributed by atoms with Crippen LogP contribution in [0.5, 0.6) is 0 Å². The lowest BCUT2D eigenvalue weighted by molar-refractivity contribution is 0.796. The number of thioether (sulfide) groups is 2. The van der Waals surface area contributed by atoms with Gasteiger partial charge in [0.05, 0.1) is 15.4 Å². The van der Waals surface area contributed by atoms with Gasteiger partial charge in [0.2, 0.25) is 0 Å². The van der Waals surface area contributed by atoms with Crippen LogP contribution in [-0.4, -0.2) is 33.3 Å². The first kappa shape index (κ1) is 15.9. The maximum absolute atomic E-state index is 4.94. The molecular formula is C15H22BrN3S2. The molecule has 0 aromatic carbocycles. The molecule has 0 radical (unpaired) electrons. The third-order valence-electron chi connectivity index (χ3n) is 3.84. The fourth-order valence-electron chi connectivity index (χ4n) is 2.51. The maximum Gasteiger partial charge on any atom is 0.145 e. The van der Waals surface area contributed by atoms with Gasteiger partial charge in [-0.3, -0.25) is 0 Å². The summed E-state index contributed by atoms with van der Waals surface area (Å²) >= 11 is 7.79. The molecule has 0 amide bonds. The van der Waals surface area contributed by atoms with Gasteiger partial charge < -0.3 is 5.32 Å². The number of rotatable bonds is 5. The average Bonchev–Trinajstić information content (AvgIpc) is 3.31. The quantitative estimate of drug-likeness (QED) is 0.781. The van der Waals surface area contributed by atoms with Crippen molar-refractivity contribution >= 4 is 45.3 Å². The van der Waals surface area contributed by atoms with Crippen LogP contribution in [0.1, 0.15) is 55.8 Å². The largest absolute Gasteiger partial charge is 0.369 e. The molecule has 2 unspecified atom stereocenters. The van der Waals surface area contributed by atoms with Gasteiger partial charge in [-0.1, -0.05) is 13.8 Å². The van der Waals surface area contributed by atoms with Crippen LogP contribution >= 0.6 is 39.5 Å². The van der Waals surface area contributed by atoms with Crippen molar-refractivity contribution in [3.8, 4) is 0 Å². The summed E-state index contributed by atoms with van der Waals surface area (Å²) in [6, 6.07) is 0. The summed E-state index contributed by atoms with van der Waals surface area (Å²) in [7, 11) is 0. The van der Waals surface area contributed by atoms with Crippen LogP contribution in [0.15, 0.2) is 4.47 Å². The summed E-state index contributed by atoms with van der Waals surface area (Å²) < 4.78 is 1.09. The standard InChI is InChI=1S/C15H22BrN3S2/c1-3-6-17-14-11(16)12(10-4-5-10)18-15(19-14)13-9(2)20-7-8-21-13/h9-10,13H,3-8H2,1-2H3,(H,17,18,19). The number of nitrogens with one attached hydrogen (secondary N) is 1. The highest BCUT2D eigenvalue weighted by Gasteiger charge is 2.32. The van der Waals surface area contributed by atoms with Crippen molar-refractivity contribution in [1.82, 2.24) is 9.97 Å². The van der Waals surface area contributed by atoms with Crippen LogP contribution in [-0.2, 0) is 0 Å². The molecule has 21 heavy (non-hydrogen) atoms. The molecular weight excluding hydrogens is 366 g/mol. The van der Waals surface area contributed by atoms with Gasteiger partial charge in [-0.2, -0.15) is 11.8 Å². The second-order valence-corrected chi connectivity index (χ2v) is 9.23. The molecule has 0 spiro atoms. The van der Waals surface area contributed by atoms with Gasteiger partial charge in [0.1, 0.15) is 11.6 Å². The van der Waals surface area contributed by atoms with Gasteiger partial charge in [0.15, 0.2) is 0 Å². The molecule has 0 bridgehead atoms. The van der Waals surface area contributed by atoms with Crippen LogP contribution in [0.4, 0.5) is 5.82 Å². The van der Waals surface area contributed by atoms with Crippen LogP contribution in [0.25, 0.3) is 0 Å². The summed E-state index contributed by atoms with van der Waals surface area (Å²) in [4.78, 5) is 9.80. The van der Waals surface area contributed by atoms with Crippen LogP contribution in [0, 0.1) is 0 Å². The summed E-state index contributed by atoms with van der Waals surface area (Å²) in [6.45, 7) is 5.45. The van der Waals surface area contributed by atoms with E-state index in [4.69, 9.17) is 9.97 Å². The predicted octanol–water partition coefficient (Wildman–Crippen LogP) is 4.85. The number of aromatic nitrogens is 2. The second kappa shape index (κ2) is 7.09. The van der Waals surface area contributed by atoms with E-state index in [1.807, 2.05) is 23.5 Å². The van der Waals surface area contributed by atoms with E-state index in [1.54, 1.807) is 0 Å². The molecule has 1 N–H and O–H groups in total. The number of anilines is 1. The number of hydrogen-bond acceptors (Lipinski definition) is 5. The second-order valence-electron chi connectivity index (χ2n) is 5.70. The van der Waals surface area contributed by atoms with E-state index in [1.165, 1.54) is 30.0 Å². The summed E-state index contributed by atoms with van der Waals surface area (Å²) in [6.07, 6.45) is 3.64. The topological polar surface area (TPSA) is 37.8 Å². The van der Waals surface area contributed by atoms with Crippen LogP contribution in [0.2, 0.25) is 0 Å². The normalized spacial score (nSPS) is 25.9. The van der Waals surface area contributed by atoms with E-state index >= 15 is 0 Å². The van der Waals surface area contributed by atoms with Gasteiger partial charge in [-0.05, 0) is 35.2 Å². The van der Waals surface area contributed by atoms with Crippen molar-refractivity contribution in [1.29, 1.82) is 0 Å². The molecule has 116 valence electrons. The Morgan fingerprint density at radius 3 is 2.67 bits per heavy atom. The maximum atomic E-state index is 4.94. The molecule has 2 atom stereocenters. The molecule has 1 aromatic rings. The lowest BCUT2D eigenvalue weighted by atomic mass is 10.2. The highest BCUT2D eigenvalue weighted by atomic mass is 79.9. The molecule has 1 saturated carbocycles. The Balaban J connectivity index is 1.93. The molecule has 1 aliphatic carbocycles. The first-order chi connectivity index (χ1) is 10.2. The molecule has 2 fully saturated rings. The van der Waals surface area contributed by atoms with Crippen molar-refractivity contribution < 1.29 is 0 Å². The molecule has 1 aliphatic heterocycles. The van der Waals surface area contributed by atoms with Crippen molar-refractivity contribution in [3.05, 3.63) is 16.0 Å². The van der Waals surface area contributed by atoms with E-state index in [0.29, 0.717) is 16.4 Å². The highest BCUT2D eigenvalue weighted by Crippen LogP contribution is 2.46. The number of halogens is 1. The van der Waals surface area contributed by atoms with E-state index in [0.717, 1.165) is 29.1 Å². The Kier molecular flexibility index (Phi) is 5.38. The molecule has 1 saturated heterocycles. The van der Waals surface area contributed by atoms with E-state index in [9.17, 15) is 0 Å². The fraction of sp³-hybridized carbons (Fsp3) is 0.733. The molecule has 3 rings (SSSR count). The van der Waals surface area contributed by atoms with Crippen molar-refractivity contribution in [3.63, 3.8) is 0 Å². The Labute approximate surface area is 144 Å². The minimum Gasteiger partial charge on any atom is -0.369 e. The van der Waals surface area contributed by atoms with E-state index in [2.05, 4.69) is 35.1 Å². The monoisotopic (exact) mass is 387 g/mol. The zero-order chi connectivity index (χ0) is 14.8. The van der Waals surface area contributed by atoms with Crippen molar-refractivity contribution in [2.45, 2.75) is 49.5 Å². The van der Waals surface area contributed by atoms with Gasteiger partial charge in [-0.25, -0.2) is 9.97 Å². The highest BCUT2D eigenvalue weighted by molar-refractivity contribution is 9.10. The zero-order valence-electron chi connectivity index (χ0n) is 12.6. The van der Waals surface area contributed by atoms with Crippen molar-refractivity contribution in [2.24, 2.45) is 0 Å². The number of hydrogen-bond donors (Lipinski definition) is 1. The zero-order valence-corrected chi connectivity index (χ0v) is 15.8. The lowest BCUT2D eigenvalue weighted by Crippen LogP contribution is -2.20. The third-order valence-corrected chi connectivity index (χ3v) is 7.71. The van der Waals surface area contributed by atoms with Crippen LogP contribution in [0.3, 0.4) is 0 Å². The Hall–Kier alpha value is 0.0600. The minimum absolute atomic E-state index is 0.427. The van der Waals surface area contributed by atoms with Gasteiger partial charge in [-0.15, -0.1) is 11.8 Å². The van der Waals surface area contributed by atoms with E-state index in [-0.39, 0.29) is 0 Å². The molecule has 1 aromatic heterocycles. The average molecular weight is 388 g/mol. The summed E-state index contributed by atoms with van der Waals surface area (Å²) in [5.74, 6) is 5.11. The summed E-state index contributed by atoms with van der Waals surface area (Å²) in [5.41, 5.74) is 1.22. The van der Waals surface area contributed by atoms with Crippen molar-refractivity contribution in [2.75, 3.05) is 23.4 Å². The minimum atomic E-state index is 0.427. The fourth-order valence-corrected chi connectivity index (χ4v) is 5.84. The Bertz CT molecular complexity index is 508. The molecule has 3 nitrogen and oxygen atoms in total. The Morgan fingerprint density at radius 1 is 1.24 bits per heavy atom. The van der Waals surface area contributed by atoms with Crippen LogP contribution < -0.4 is 5.32 Å². The van der Waals surface area contributed by atoms with E-state index < -0.39 is 0 Å². The smallest absolute Gasteiger partial charge is 0.145 e. The SMILES string of the molecule is CCCNc1nc(C2SCCSC2C)nc(C2CC2)c1Br. The lowest BCUT2D eigenvalue weighted by Gasteiger charge is -2.27. The van der Waals surface area contributed by atoms with Gasteiger partial charge in [0, 0.05) is 29.2 Å².